The van der Waals surface area contributed by atoms with E-state index in [1.54, 1.807) is 0 Å². The van der Waals surface area contributed by atoms with Crippen LogP contribution in [0.5, 0.6) is 0 Å². The molecular weight excluding hydrogens is 749 g/mol. The Hall–Kier alpha value is -7.27. The zero-order valence-electron chi connectivity index (χ0n) is 32.9. The first-order valence-corrected chi connectivity index (χ1v) is 21.3. The smallest absolute Gasteiger partial charge is 0.137 e. The maximum absolute atomic E-state index is 6.75. The number of anilines is 6. The highest BCUT2D eigenvalue weighted by atomic mass is 32.2. The Morgan fingerprint density at radius 2 is 0.883 bits per heavy atom. The fraction of sp³-hybridized carbons (Fsp3) is 0.0357. The molecule has 0 radical (unpaired) electrons. The molecule has 0 amide bonds. The van der Waals surface area contributed by atoms with Gasteiger partial charge in [0.25, 0.3) is 0 Å². The number of rotatable bonds is 6. The fourth-order valence-electron chi connectivity index (χ4n) is 9.97. The number of hydrogen-bond donors (Lipinski definition) is 0. The first-order chi connectivity index (χ1) is 29.7. The number of benzene rings is 9. The Balaban J connectivity index is 1.02. The van der Waals surface area contributed by atoms with Crippen molar-refractivity contribution in [3.8, 4) is 11.1 Å². The van der Waals surface area contributed by atoms with Crippen molar-refractivity contribution in [3.05, 3.63) is 240 Å². The van der Waals surface area contributed by atoms with E-state index in [1.807, 2.05) is 11.8 Å². The third-order valence-electron chi connectivity index (χ3n) is 12.4. The topological polar surface area (TPSA) is 19.6 Å². The summed E-state index contributed by atoms with van der Waals surface area (Å²) in [5.41, 5.74) is 17.0. The van der Waals surface area contributed by atoms with E-state index in [9.17, 15) is 0 Å². The molecule has 12 rings (SSSR count). The summed E-state index contributed by atoms with van der Waals surface area (Å²) in [5, 5.41) is 2.23. The zero-order valence-corrected chi connectivity index (χ0v) is 33.7. The molecule has 3 nitrogen and oxygen atoms in total. The summed E-state index contributed by atoms with van der Waals surface area (Å²) in [6.45, 7) is 2.21. The van der Waals surface area contributed by atoms with Gasteiger partial charge in [-0.1, -0.05) is 139 Å². The molecule has 1 aliphatic carbocycles. The standard InChI is InChI=1S/C56H38N2OS/c1-37-33-43(35-52-55(37)46-34-41(30-32-51(46)59-52)57(38-17-5-2-6-18-38)39-19-7-3-8-20-39)58(40-21-9-4-10-22-40)42-29-31-50-54(36-42)60-53-28-16-15-27-49(53)56(50)47-25-13-11-23-44(47)45-24-12-14-26-48(45)56/h2-36H,1H3. The summed E-state index contributed by atoms with van der Waals surface area (Å²) in [4.78, 5) is 7.23. The van der Waals surface area contributed by atoms with Crippen molar-refractivity contribution in [3.63, 3.8) is 0 Å². The Kier molecular flexibility index (Phi) is 7.91. The molecule has 0 N–H and O–H groups in total. The van der Waals surface area contributed by atoms with E-state index < -0.39 is 5.41 Å². The molecule has 0 fully saturated rings. The zero-order chi connectivity index (χ0) is 39.8. The second-order valence-corrected chi connectivity index (χ2v) is 16.8. The van der Waals surface area contributed by atoms with E-state index in [2.05, 4.69) is 229 Å². The van der Waals surface area contributed by atoms with Gasteiger partial charge in [0, 0.05) is 55.1 Å². The number of aryl methyl sites for hydroxylation is 1. The van der Waals surface area contributed by atoms with Gasteiger partial charge in [0.05, 0.1) is 11.1 Å². The van der Waals surface area contributed by atoms with Crippen LogP contribution in [0.3, 0.4) is 0 Å². The summed E-state index contributed by atoms with van der Waals surface area (Å²) in [6.07, 6.45) is 0. The highest BCUT2D eigenvalue weighted by molar-refractivity contribution is 7.99. The SMILES string of the molecule is Cc1cc(N(c2ccccc2)c2ccc3c(c2)Sc2ccccc2C32c3ccccc3-c3ccccc32)cc2oc3ccc(N(c4ccccc4)c4ccccc4)cc3c12. The first-order valence-electron chi connectivity index (χ1n) is 20.5. The van der Waals surface area contributed by atoms with Crippen LogP contribution in [0.1, 0.15) is 27.8 Å². The van der Waals surface area contributed by atoms with Gasteiger partial charge in [-0.15, -0.1) is 0 Å². The van der Waals surface area contributed by atoms with Crippen molar-refractivity contribution in [1.82, 2.24) is 0 Å². The van der Waals surface area contributed by atoms with E-state index in [0.29, 0.717) is 0 Å². The van der Waals surface area contributed by atoms with Crippen LogP contribution >= 0.6 is 11.8 Å². The van der Waals surface area contributed by atoms with Crippen LogP contribution in [0.15, 0.2) is 227 Å². The predicted octanol–water partition coefficient (Wildman–Crippen LogP) is 15.7. The van der Waals surface area contributed by atoms with Crippen molar-refractivity contribution in [1.29, 1.82) is 0 Å². The average molecular weight is 787 g/mol. The van der Waals surface area contributed by atoms with Crippen LogP contribution in [0, 0.1) is 6.92 Å². The molecule has 0 atom stereocenters. The Bertz CT molecular complexity index is 3180. The Labute approximate surface area is 353 Å². The van der Waals surface area contributed by atoms with E-state index in [0.717, 1.165) is 61.6 Å². The maximum atomic E-state index is 6.75. The summed E-state index contributed by atoms with van der Waals surface area (Å²) in [6, 6.07) is 77.0. The molecule has 2 heterocycles. The minimum atomic E-state index is -0.417. The quantitative estimate of drug-likeness (QED) is 0.167. The lowest BCUT2D eigenvalue weighted by molar-refractivity contribution is 0.669. The molecule has 0 saturated heterocycles. The third kappa shape index (κ3) is 5.17. The van der Waals surface area contributed by atoms with Gasteiger partial charge in [0.1, 0.15) is 11.2 Å². The Morgan fingerprint density at radius 1 is 0.383 bits per heavy atom. The van der Waals surface area contributed by atoms with Crippen LogP contribution in [0.4, 0.5) is 34.1 Å². The highest BCUT2D eigenvalue weighted by Gasteiger charge is 2.50. The minimum Gasteiger partial charge on any atom is -0.456 e. The lowest BCUT2D eigenvalue weighted by Gasteiger charge is -2.40. The summed E-state index contributed by atoms with van der Waals surface area (Å²) < 4.78 is 6.75. The van der Waals surface area contributed by atoms with Crippen LogP contribution < -0.4 is 9.80 Å². The van der Waals surface area contributed by atoms with Gasteiger partial charge in [0.15, 0.2) is 0 Å². The highest BCUT2D eigenvalue weighted by Crippen LogP contribution is 2.62. The number of nitrogens with zero attached hydrogens (tertiary/aromatic N) is 2. The summed E-state index contributed by atoms with van der Waals surface area (Å²) >= 11 is 1.87. The van der Waals surface area contributed by atoms with Crippen molar-refractivity contribution < 1.29 is 4.42 Å². The van der Waals surface area contributed by atoms with Crippen molar-refractivity contribution in [2.45, 2.75) is 22.1 Å². The Morgan fingerprint density at radius 3 is 1.52 bits per heavy atom. The first kappa shape index (κ1) is 34.7. The van der Waals surface area contributed by atoms with Crippen molar-refractivity contribution >= 4 is 67.8 Å². The lowest BCUT2D eigenvalue weighted by Crippen LogP contribution is -2.32. The maximum Gasteiger partial charge on any atom is 0.137 e. The van der Waals surface area contributed by atoms with Crippen LogP contribution in [-0.2, 0) is 5.41 Å². The van der Waals surface area contributed by atoms with E-state index in [-0.39, 0.29) is 0 Å². The molecule has 1 aromatic heterocycles. The van der Waals surface area contributed by atoms with E-state index >= 15 is 0 Å². The third-order valence-corrected chi connectivity index (χ3v) is 13.5. The van der Waals surface area contributed by atoms with Gasteiger partial charge >= 0.3 is 0 Å². The molecule has 0 bridgehead atoms. The van der Waals surface area contributed by atoms with Crippen molar-refractivity contribution in [2.24, 2.45) is 0 Å². The van der Waals surface area contributed by atoms with E-state index in [4.69, 9.17) is 4.42 Å². The molecule has 1 aliphatic heterocycles. The molecule has 10 aromatic rings. The van der Waals surface area contributed by atoms with Gasteiger partial charge in [0.2, 0.25) is 0 Å². The molecule has 4 heteroatoms. The van der Waals surface area contributed by atoms with Gasteiger partial charge < -0.3 is 14.2 Å². The van der Waals surface area contributed by atoms with Gasteiger partial charge in [-0.05, 0) is 125 Å². The lowest BCUT2D eigenvalue weighted by atomic mass is 9.67. The molecular formula is C56H38N2OS. The van der Waals surface area contributed by atoms with Gasteiger partial charge in [-0.2, -0.15) is 0 Å². The molecule has 2 aliphatic rings. The number of fused-ring (bicyclic) bond motifs is 12. The monoisotopic (exact) mass is 786 g/mol. The number of furan rings is 1. The average Bonchev–Trinajstić information content (AvgIpc) is 3.82. The molecule has 60 heavy (non-hydrogen) atoms. The summed E-state index contributed by atoms with van der Waals surface area (Å²) in [7, 11) is 0. The van der Waals surface area contributed by atoms with Crippen LogP contribution in [0.2, 0.25) is 0 Å². The van der Waals surface area contributed by atoms with E-state index in [1.165, 1.54) is 43.2 Å². The molecule has 0 saturated carbocycles. The van der Waals surface area contributed by atoms with Crippen LogP contribution in [0.25, 0.3) is 33.1 Å². The minimum absolute atomic E-state index is 0.417. The number of hydrogen-bond acceptors (Lipinski definition) is 4. The molecule has 9 aromatic carbocycles. The second-order valence-electron chi connectivity index (χ2n) is 15.7. The number of para-hydroxylation sites is 3. The summed E-state index contributed by atoms with van der Waals surface area (Å²) in [5.74, 6) is 0. The normalized spacial score (nSPS) is 13.2. The van der Waals surface area contributed by atoms with Gasteiger partial charge in [-0.3, -0.25) is 0 Å². The second kappa shape index (κ2) is 13.7. The molecule has 284 valence electrons. The van der Waals surface area contributed by atoms with Gasteiger partial charge in [-0.25, -0.2) is 0 Å². The molecule has 0 unspecified atom stereocenters. The van der Waals surface area contributed by atoms with Crippen molar-refractivity contribution in [2.75, 3.05) is 9.80 Å². The fourth-order valence-corrected chi connectivity index (χ4v) is 11.2. The largest absolute Gasteiger partial charge is 0.456 e. The molecule has 1 spiro atoms. The van der Waals surface area contributed by atoms with Crippen LogP contribution in [-0.4, -0.2) is 0 Å². The predicted molar refractivity (Wildman–Crippen MR) is 249 cm³/mol.